The van der Waals surface area contributed by atoms with E-state index in [4.69, 9.17) is 10.5 Å². The average Bonchev–Trinajstić information content (AvgIpc) is 2.39. The Morgan fingerprint density at radius 2 is 1.95 bits per heavy atom. The molecule has 2 nitrogen and oxygen atoms in total. The smallest absolute Gasteiger partial charge is 0.143 e. The lowest BCUT2D eigenvalue weighted by atomic mass is 10.3. The number of ether oxygens (including phenoxy) is 1. The van der Waals surface area contributed by atoms with E-state index in [1.807, 2.05) is 6.92 Å². The summed E-state index contributed by atoms with van der Waals surface area (Å²) in [6, 6.07) is 8.57. The SMILES string of the molecule is CCOc1cccc(Sc2cc(F)ccc2F)c1N. The third-order valence-electron chi connectivity index (χ3n) is 2.44. The molecule has 0 aliphatic rings. The molecule has 0 unspecified atom stereocenters. The van der Waals surface area contributed by atoms with E-state index in [9.17, 15) is 8.78 Å². The minimum absolute atomic E-state index is 0.195. The Morgan fingerprint density at radius 1 is 1.16 bits per heavy atom. The summed E-state index contributed by atoms with van der Waals surface area (Å²) in [5.74, 6) is -0.416. The molecule has 2 aromatic carbocycles. The van der Waals surface area contributed by atoms with Gasteiger partial charge < -0.3 is 10.5 Å². The van der Waals surface area contributed by atoms with Crippen molar-refractivity contribution in [2.24, 2.45) is 0 Å². The van der Waals surface area contributed by atoms with Crippen LogP contribution in [0.4, 0.5) is 14.5 Å². The van der Waals surface area contributed by atoms with Gasteiger partial charge in [-0.1, -0.05) is 17.8 Å². The second-order valence-electron chi connectivity index (χ2n) is 3.78. The van der Waals surface area contributed by atoms with E-state index >= 15 is 0 Å². The molecular formula is C14H13F2NOS. The number of rotatable bonds is 4. The molecule has 0 aliphatic heterocycles. The van der Waals surface area contributed by atoms with Crippen LogP contribution in [0.15, 0.2) is 46.2 Å². The number of hydrogen-bond acceptors (Lipinski definition) is 3. The standard InChI is InChI=1S/C14H13F2NOS/c1-2-18-11-4-3-5-12(14(11)17)19-13-8-9(15)6-7-10(13)16/h3-8H,2,17H2,1H3. The Balaban J connectivity index is 2.33. The second kappa shape index (κ2) is 5.93. The molecule has 0 amide bonds. The number of nitrogen functional groups attached to an aromatic ring is 1. The largest absolute Gasteiger partial charge is 0.492 e. The Kier molecular flexibility index (Phi) is 4.27. The van der Waals surface area contributed by atoms with E-state index in [2.05, 4.69) is 0 Å². The van der Waals surface area contributed by atoms with Crippen LogP contribution in [0, 0.1) is 11.6 Å². The van der Waals surface area contributed by atoms with Crippen molar-refractivity contribution in [2.45, 2.75) is 16.7 Å². The van der Waals surface area contributed by atoms with Crippen molar-refractivity contribution in [1.82, 2.24) is 0 Å². The van der Waals surface area contributed by atoms with Crippen molar-refractivity contribution >= 4 is 17.4 Å². The Hall–Kier alpha value is -1.75. The molecule has 19 heavy (non-hydrogen) atoms. The molecule has 5 heteroatoms. The van der Waals surface area contributed by atoms with Gasteiger partial charge in [0, 0.05) is 4.90 Å². The van der Waals surface area contributed by atoms with Gasteiger partial charge in [-0.25, -0.2) is 8.78 Å². The lowest BCUT2D eigenvalue weighted by molar-refractivity contribution is 0.341. The summed E-state index contributed by atoms with van der Waals surface area (Å²) >= 11 is 1.08. The summed E-state index contributed by atoms with van der Waals surface area (Å²) in [4.78, 5) is 0.829. The number of halogens is 2. The van der Waals surface area contributed by atoms with Crippen LogP contribution in [0.2, 0.25) is 0 Å². The highest BCUT2D eigenvalue weighted by molar-refractivity contribution is 7.99. The number of benzene rings is 2. The van der Waals surface area contributed by atoms with Crippen LogP contribution in [-0.4, -0.2) is 6.61 Å². The summed E-state index contributed by atoms with van der Waals surface area (Å²) in [7, 11) is 0. The maximum atomic E-state index is 13.6. The van der Waals surface area contributed by atoms with Crippen LogP contribution >= 0.6 is 11.8 Å². The van der Waals surface area contributed by atoms with Crippen molar-refractivity contribution in [3.63, 3.8) is 0 Å². The maximum absolute atomic E-state index is 13.6. The highest BCUT2D eigenvalue weighted by Gasteiger charge is 2.11. The minimum atomic E-state index is -0.483. The fourth-order valence-electron chi connectivity index (χ4n) is 1.57. The van der Waals surface area contributed by atoms with Gasteiger partial charge in [-0.05, 0) is 37.3 Å². The molecule has 2 rings (SSSR count). The van der Waals surface area contributed by atoms with E-state index in [-0.39, 0.29) is 4.90 Å². The maximum Gasteiger partial charge on any atom is 0.143 e. The Bertz CT molecular complexity index is 590. The zero-order valence-electron chi connectivity index (χ0n) is 10.3. The van der Waals surface area contributed by atoms with Crippen LogP contribution in [0.3, 0.4) is 0 Å². The van der Waals surface area contributed by atoms with E-state index in [1.165, 1.54) is 0 Å². The zero-order chi connectivity index (χ0) is 13.8. The Labute approximate surface area is 114 Å². The fraction of sp³-hybridized carbons (Fsp3) is 0.143. The normalized spacial score (nSPS) is 10.5. The van der Waals surface area contributed by atoms with Crippen molar-refractivity contribution in [1.29, 1.82) is 0 Å². The third kappa shape index (κ3) is 3.17. The molecule has 0 bridgehead atoms. The van der Waals surface area contributed by atoms with Crippen LogP contribution in [0.5, 0.6) is 5.75 Å². The molecule has 0 radical (unpaired) electrons. The molecule has 2 aromatic rings. The lowest BCUT2D eigenvalue weighted by Crippen LogP contribution is -1.98. The van der Waals surface area contributed by atoms with Gasteiger partial charge in [0.25, 0.3) is 0 Å². The first kappa shape index (κ1) is 13.7. The van der Waals surface area contributed by atoms with E-state index in [0.29, 0.717) is 22.9 Å². The van der Waals surface area contributed by atoms with Gasteiger partial charge in [-0.2, -0.15) is 0 Å². The number of anilines is 1. The molecule has 100 valence electrons. The van der Waals surface area contributed by atoms with Crippen molar-refractivity contribution < 1.29 is 13.5 Å². The average molecular weight is 281 g/mol. The molecule has 0 aliphatic carbocycles. The first-order chi connectivity index (χ1) is 9.11. The fourth-order valence-corrected chi connectivity index (χ4v) is 2.50. The number of hydrogen-bond donors (Lipinski definition) is 1. The van der Waals surface area contributed by atoms with Gasteiger partial charge in [0.1, 0.15) is 17.4 Å². The summed E-state index contributed by atoms with van der Waals surface area (Å²) in [5.41, 5.74) is 6.37. The van der Waals surface area contributed by atoms with Gasteiger partial charge >= 0.3 is 0 Å². The molecule has 0 atom stereocenters. The second-order valence-corrected chi connectivity index (χ2v) is 4.86. The Morgan fingerprint density at radius 3 is 2.68 bits per heavy atom. The predicted octanol–water partition coefficient (Wildman–Crippen LogP) is 4.10. The first-order valence-electron chi connectivity index (χ1n) is 5.76. The number of nitrogens with two attached hydrogens (primary N) is 1. The predicted molar refractivity (Wildman–Crippen MR) is 72.5 cm³/mol. The summed E-state index contributed by atoms with van der Waals surface area (Å²) in [6.45, 7) is 2.35. The first-order valence-corrected chi connectivity index (χ1v) is 6.57. The van der Waals surface area contributed by atoms with E-state index in [1.54, 1.807) is 18.2 Å². The lowest BCUT2D eigenvalue weighted by Gasteiger charge is -2.11. The topological polar surface area (TPSA) is 35.2 Å². The van der Waals surface area contributed by atoms with Gasteiger partial charge in [0.15, 0.2) is 0 Å². The molecule has 0 fully saturated rings. The van der Waals surface area contributed by atoms with Crippen LogP contribution in [-0.2, 0) is 0 Å². The highest BCUT2D eigenvalue weighted by Crippen LogP contribution is 2.38. The molecule has 0 saturated carbocycles. The highest BCUT2D eigenvalue weighted by atomic mass is 32.2. The molecule has 0 heterocycles. The molecular weight excluding hydrogens is 268 g/mol. The monoisotopic (exact) mass is 281 g/mol. The molecule has 0 aromatic heterocycles. The molecule has 2 N–H and O–H groups in total. The third-order valence-corrected chi connectivity index (χ3v) is 3.55. The van der Waals surface area contributed by atoms with Crippen LogP contribution in [0.1, 0.15) is 6.92 Å². The number of para-hydroxylation sites is 1. The molecule has 0 spiro atoms. The zero-order valence-corrected chi connectivity index (χ0v) is 11.1. The molecule has 0 saturated heterocycles. The minimum Gasteiger partial charge on any atom is -0.492 e. The summed E-state index contributed by atoms with van der Waals surface area (Å²) in [6.07, 6.45) is 0. The van der Waals surface area contributed by atoms with Gasteiger partial charge in [-0.15, -0.1) is 0 Å². The van der Waals surface area contributed by atoms with Crippen LogP contribution in [0.25, 0.3) is 0 Å². The van der Waals surface area contributed by atoms with Crippen molar-refractivity contribution in [3.05, 3.63) is 48.0 Å². The van der Waals surface area contributed by atoms with E-state index < -0.39 is 11.6 Å². The van der Waals surface area contributed by atoms with Gasteiger partial charge in [-0.3, -0.25) is 0 Å². The van der Waals surface area contributed by atoms with Gasteiger partial charge in [0.2, 0.25) is 0 Å². The van der Waals surface area contributed by atoms with E-state index in [0.717, 1.165) is 30.0 Å². The summed E-state index contributed by atoms with van der Waals surface area (Å²) < 4.78 is 32.1. The van der Waals surface area contributed by atoms with Gasteiger partial charge in [0.05, 0.1) is 17.2 Å². The van der Waals surface area contributed by atoms with Crippen molar-refractivity contribution in [3.8, 4) is 5.75 Å². The van der Waals surface area contributed by atoms with Crippen LogP contribution < -0.4 is 10.5 Å². The summed E-state index contributed by atoms with van der Waals surface area (Å²) in [5, 5.41) is 0. The quantitative estimate of drug-likeness (QED) is 0.857. The van der Waals surface area contributed by atoms with Crippen molar-refractivity contribution in [2.75, 3.05) is 12.3 Å².